The molecule has 44 heavy (non-hydrogen) atoms. The van der Waals surface area contributed by atoms with E-state index in [1.165, 1.54) is 11.1 Å². The van der Waals surface area contributed by atoms with Gasteiger partial charge in [0.15, 0.2) is 5.78 Å². The molecule has 228 valence electrons. The maximum Gasteiger partial charge on any atom is 0.303 e. The normalized spacial score (nSPS) is 12.7. The summed E-state index contributed by atoms with van der Waals surface area (Å²) in [7, 11) is 0. The lowest BCUT2D eigenvalue weighted by Gasteiger charge is -2.02. The lowest BCUT2D eigenvalue weighted by atomic mass is 10.1. The van der Waals surface area contributed by atoms with Gasteiger partial charge in [-0.1, -0.05) is 97.1 Å². The first-order chi connectivity index (χ1) is 21.2. The number of aryl methyl sites for hydroxylation is 2. The van der Waals surface area contributed by atoms with Gasteiger partial charge in [0.05, 0.1) is 30.3 Å². The predicted molar refractivity (Wildman–Crippen MR) is 184 cm³/mol. The molecule has 0 spiro atoms. The number of allylic oxidation sites excluding steroid dienone is 8. The van der Waals surface area contributed by atoms with Crippen LogP contribution >= 0.6 is 0 Å². The molecule has 0 aliphatic heterocycles. The van der Waals surface area contributed by atoms with E-state index in [2.05, 4.69) is 25.1 Å². The molecule has 1 aliphatic carbocycles. The molecule has 2 unspecified atom stereocenters. The van der Waals surface area contributed by atoms with Gasteiger partial charge in [-0.2, -0.15) is 0 Å². The molecule has 2 N–H and O–H groups in total. The van der Waals surface area contributed by atoms with Crippen LogP contribution in [0.4, 0.5) is 0 Å². The molecule has 0 saturated carbocycles. The molecule has 1 aliphatic rings. The number of hydrogen-bond donors (Lipinski definition) is 2. The molecule has 0 amide bonds. The number of aliphatic hydroxyl groups is 2. The zero-order chi connectivity index (χ0) is 32.4. The highest BCUT2D eigenvalue weighted by Gasteiger charge is 2.00. The summed E-state index contributed by atoms with van der Waals surface area (Å²) in [6, 6.07) is 29.9. The van der Waals surface area contributed by atoms with E-state index in [-0.39, 0.29) is 23.8 Å². The quantitative estimate of drug-likeness (QED) is 0.185. The molecule has 0 fully saturated rings. The van der Waals surface area contributed by atoms with E-state index >= 15 is 0 Å². The van der Waals surface area contributed by atoms with Crippen molar-refractivity contribution < 1.29 is 19.8 Å². The van der Waals surface area contributed by atoms with Crippen LogP contribution in [0.3, 0.4) is 0 Å². The molecular formula is C40H46O4+2. The number of hydrogen-bond acceptors (Lipinski definition) is 4. The minimum absolute atomic E-state index is 0.00820. The van der Waals surface area contributed by atoms with Gasteiger partial charge in [-0.15, -0.1) is 0 Å². The Kier molecular flexibility index (Phi) is 20.3. The first kappa shape index (κ1) is 37.4. The van der Waals surface area contributed by atoms with Gasteiger partial charge in [0, 0.05) is 18.2 Å². The maximum atomic E-state index is 10.5. The third kappa shape index (κ3) is 22.1. The molecule has 0 heterocycles. The van der Waals surface area contributed by atoms with E-state index in [1.807, 2.05) is 122 Å². The summed E-state index contributed by atoms with van der Waals surface area (Å²) in [4.78, 5) is 21.0. The zero-order valence-electron chi connectivity index (χ0n) is 26.2. The van der Waals surface area contributed by atoms with E-state index in [4.69, 9.17) is 10.2 Å². The molecule has 0 saturated heterocycles. The summed E-state index contributed by atoms with van der Waals surface area (Å²) >= 11 is 0. The lowest BCUT2D eigenvalue weighted by Crippen LogP contribution is -2.00. The summed E-state index contributed by atoms with van der Waals surface area (Å²) < 4.78 is 0. The second-order valence-corrected chi connectivity index (χ2v) is 10.2. The van der Waals surface area contributed by atoms with Crippen LogP contribution in [0.5, 0.6) is 0 Å². The highest BCUT2D eigenvalue weighted by molar-refractivity contribution is 5.91. The maximum absolute atomic E-state index is 10.5. The minimum atomic E-state index is -0.379. The van der Waals surface area contributed by atoms with Crippen LogP contribution in [-0.4, -0.2) is 34.0 Å². The Hall–Kier alpha value is -4.60. The molecule has 4 nitrogen and oxygen atoms in total. The fraction of sp³-hybridized carbons (Fsp3) is 0.225. The molecule has 2 atom stereocenters. The number of benzene rings is 3. The standard InChI is InChI=1S/C10H14O.2C10H11O.C10H10O/c4*1-9(11)7-8-10-5-3-2-4-6-10/h2-6,9,11H,7-8H2,1H3;2-3,5-9,11H,1H3;2-6H,1,7-8H2;2-8H,1H3/q;2*+1;/b;8-7+;;8-7+. The molecule has 3 aromatic carbocycles. The Balaban J connectivity index is 0.000000293. The SMILES string of the molecule is CC(=O)/C=C/c1ccccc1.CC(O)/C=C/C1=CC=C[C+]=C1.CC(O)CCc1ccccc1.[CH2+]C(=O)CCc1ccccc1. The van der Waals surface area contributed by atoms with E-state index < -0.39 is 0 Å². The summed E-state index contributed by atoms with van der Waals surface area (Å²) in [5, 5.41) is 17.9. The van der Waals surface area contributed by atoms with Crippen LogP contribution in [-0.2, 0) is 22.4 Å². The summed E-state index contributed by atoms with van der Waals surface area (Å²) in [6.07, 6.45) is 20.2. The lowest BCUT2D eigenvalue weighted by molar-refractivity contribution is -0.115. The average molecular weight is 591 g/mol. The second kappa shape index (κ2) is 23.9. The number of aliphatic hydroxyl groups excluding tert-OH is 2. The van der Waals surface area contributed by atoms with Crippen molar-refractivity contribution in [1.29, 1.82) is 0 Å². The number of Topliss-reactive ketones (excluding diaryl/α,β-unsaturated/α-hetero) is 1. The van der Waals surface area contributed by atoms with E-state index in [0.29, 0.717) is 6.42 Å². The highest BCUT2D eigenvalue weighted by atomic mass is 16.3. The van der Waals surface area contributed by atoms with Gasteiger partial charge in [-0.25, -0.2) is 4.79 Å². The second-order valence-electron chi connectivity index (χ2n) is 10.2. The van der Waals surface area contributed by atoms with E-state index in [0.717, 1.165) is 30.4 Å². The third-order valence-electron chi connectivity index (χ3n) is 5.84. The zero-order valence-corrected chi connectivity index (χ0v) is 26.2. The van der Waals surface area contributed by atoms with Gasteiger partial charge in [0.25, 0.3) is 0 Å². The van der Waals surface area contributed by atoms with Crippen molar-refractivity contribution in [1.82, 2.24) is 0 Å². The monoisotopic (exact) mass is 590 g/mol. The van der Waals surface area contributed by atoms with Crippen LogP contribution in [0.1, 0.15) is 50.3 Å². The predicted octanol–water partition coefficient (Wildman–Crippen LogP) is 8.09. The van der Waals surface area contributed by atoms with Crippen molar-refractivity contribution >= 4 is 17.6 Å². The average Bonchev–Trinajstić information content (AvgIpc) is 3.04. The van der Waals surface area contributed by atoms with Gasteiger partial charge in [0.1, 0.15) is 19.1 Å². The Bertz CT molecular complexity index is 1330. The number of ketones is 2. The van der Waals surface area contributed by atoms with Crippen molar-refractivity contribution in [2.45, 2.75) is 58.7 Å². The summed E-state index contributed by atoms with van der Waals surface area (Å²) in [5.41, 5.74) is 4.62. The van der Waals surface area contributed by atoms with Gasteiger partial charge in [0.2, 0.25) is 0 Å². The molecular weight excluding hydrogens is 544 g/mol. The largest absolute Gasteiger partial charge is 0.393 e. The molecule has 4 rings (SSSR count). The molecule has 0 bridgehead atoms. The molecule has 0 aromatic heterocycles. The van der Waals surface area contributed by atoms with Crippen LogP contribution in [0, 0.1) is 13.0 Å². The topological polar surface area (TPSA) is 74.6 Å². The fourth-order valence-corrected chi connectivity index (χ4v) is 3.49. The molecule has 3 aromatic rings. The summed E-state index contributed by atoms with van der Waals surface area (Å²) in [5.74, 6) is 0.0858. The van der Waals surface area contributed by atoms with Crippen molar-refractivity contribution in [2.24, 2.45) is 0 Å². The van der Waals surface area contributed by atoms with Gasteiger partial charge in [-0.3, -0.25) is 4.79 Å². The van der Waals surface area contributed by atoms with Crippen LogP contribution < -0.4 is 0 Å². The van der Waals surface area contributed by atoms with Gasteiger partial charge < -0.3 is 10.2 Å². The van der Waals surface area contributed by atoms with Crippen molar-refractivity contribution in [3.05, 3.63) is 169 Å². The van der Waals surface area contributed by atoms with Crippen LogP contribution in [0.2, 0.25) is 0 Å². The smallest absolute Gasteiger partial charge is 0.303 e. The van der Waals surface area contributed by atoms with Crippen LogP contribution in [0.15, 0.2) is 139 Å². The highest BCUT2D eigenvalue weighted by Crippen LogP contribution is 2.06. The number of rotatable bonds is 10. The van der Waals surface area contributed by atoms with Crippen LogP contribution in [0.25, 0.3) is 6.08 Å². The Morgan fingerprint density at radius 3 is 1.82 bits per heavy atom. The van der Waals surface area contributed by atoms with Gasteiger partial charge >= 0.3 is 5.78 Å². The summed E-state index contributed by atoms with van der Waals surface area (Å²) in [6.45, 7) is 8.40. The van der Waals surface area contributed by atoms with Gasteiger partial charge in [-0.05, 0) is 68.9 Å². The number of carbonyl (C=O) groups excluding carboxylic acids is 2. The van der Waals surface area contributed by atoms with E-state index in [9.17, 15) is 9.59 Å². The minimum Gasteiger partial charge on any atom is -0.393 e. The molecule has 0 radical (unpaired) electrons. The van der Waals surface area contributed by atoms with Crippen molar-refractivity contribution in [2.75, 3.05) is 0 Å². The molecule has 4 heteroatoms. The number of carbonyl (C=O) groups is 2. The van der Waals surface area contributed by atoms with Crippen molar-refractivity contribution in [3.63, 3.8) is 0 Å². The Morgan fingerprint density at radius 2 is 1.36 bits per heavy atom. The fourth-order valence-electron chi connectivity index (χ4n) is 3.49. The van der Waals surface area contributed by atoms with Crippen molar-refractivity contribution in [3.8, 4) is 0 Å². The first-order valence-electron chi connectivity index (χ1n) is 14.8. The van der Waals surface area contributed by atoms with E-state index in [1.54, 1.807) is 26.0 Å². The Morgan fingerprint density at radius 1 is 0.818 bits per heavy atom. The third-order valence-corrected chi connectivity index (χ3v) is 5.84. The Labute approximate surface area is 264 Å². The first-order valence-corrected chi connectivity index (χ1v) is 14.8.